The summed E-state index contributed by atoms with van der Waals surface area (Å²) in [6, 6.07) is 16.5. The second kappa shape index (κ2) is 4.14. The van der Waals surface area contributed by atoms with Gasteiger partial charge in [-0.3, -0.25) is 4.98 Å². The molecule has 0 unspecified atom stereocenters. The first kappa shape index (κ1) is 10.6. The van der Waals surface area contributed by atoms with Crippen LogP contribution in [0.1, 0.15) is 0 Å². The zero-order valence-electron chi connectivity index (χ0n) is 10.1. The minimum Gasteiger partial charge on any atom is -0.264 e. The van der Waals surface area contributed by atoms with Crippen LogP contribution >= 0.6 is 11.3 Å². The molecule has 2 aromatic carbocycles. The quantitative estimate of drug-likeness (QED) is 0.504. The Kier molecular flexibility index (Phi) is 2.32. The van der Waals surface area contributed by atoms with Gasteiger partial charge in [0.05, 0.1) is 10.2 Å². The Bertz CT molecular complexity index is 866. The van der Waals surface area contributed by atoms with Crippen LogP contribution in [0.3, 0.4) is 0 Å². The normalized spacial score (nSPS) is 11.2. The molecule has 2 aromatic heterocycles. The fourth-order valence-corrected chi connectivity index (χ4v) is 3.36. The molecular weight excluding hydrogens is 252 g/mol. The van der Waals surface area contributed by atoms with Gasteiger partial charge in [0.25, 0.3) is 0 Å². The molecule has 2 heterocycles. The van der Waals surface area contributed by atoms with Crippen molar-refractivity contribution in [2.45, 2.75) is 0 Å². The van der Waals surface area contributed by atoms with Crippen molar-refractivity contribution in [3.05, 3.63) is 60.9 Å². The van der Waals surface area contributed by atoms with E-state index in [0.29, 0.717) is 0 Å². The first-order chi connectivity index (χ1) is 9.42. The second-order valence-electron chi connectivity index (χ2n) is 4.40. The molecule has 4 rings (SSSR count). The predicted molar refractivity (Wildman–Crippen MR) is 80.4 cm³/mol. The number of fused-ring (bicyclic) bond motifs is 3. The third kappa shape index (κ3) is 1.71. The number of thiazole rings is 1. The number of rotatable bonds is 1. The van der Waals surface area contributed by atoms with Gasteiger partial charge in [-0.1, -0.05) is 36.4 Å². The molecule has 0 atom stereocenters. The first-order valence-corrected chi connectivity index (χ1v) is 6.92. The van der Waals surface area contributed by atoms with Crippen LogP contribution < -0.4 is 0 Å². The number of nitrogens with zero attached hydrogens (tertiary/aromatic N) is 2. The van der Waals surface area contributed by atoms with Crippen molar-refractivity contribution in [3.8, 4) is 10.6 Å². The van der Waals surface area contributed by atoms with Crippen molar-refractivity contribution in [1.29, 1.82) is 0 Å². The van der Waals surface area contributed by atoms with E-state index in [2.05, 4.69) is 35.3 Å². The lowest BCUT2D eigenvalue weighted by atomic mass is 10.2. The Morgan fingerprint density at radius 2 is 1.79 bits per heavy atom. The Hall–Kier alpha value is -2.26. The fourth-order valence-electron chi connectivity index (χ4n) is 2.26. The Labute approximate surface area is 114 Å². The molecule has 0 amide bonds. The minimum absolute atomic E-state index is 1.06. The van der Waals surface area contributed by atoms with Crippen molar-refractivity contribution < 1.29 is 0 Å². The molecule has 0 saturated carbocycles. The molecule has 0 fully saturated rings. The molecule has 4 aromatic rings. The molecule has 0 radical (unpaired) electrons. The summed E-state index contributed by atoms with van der Waals surface area (Å²) in [5.41, 5.74) is 2.23. The van der Waals surface area contributed by atoms with Gasteiger partial charge in [0, 0.05) is 28.7 Å². The number of aromatic nitrogens is 2. The van der Waals surface area contributed by atoms with E-state index in [-0.39, 0.29) is 0 Å². The summed E-state index contributed by atoms with van der Waals surface area (Å²) >= 11 is 1.74. The van der Waals surface area contributed by atoms with Gasteiger partial charge < -0.3 is 0 Å². The Balaban J connectivity index is 2.04. The van der Waals surface area contributed by atoms with Crippen molar-refractivity contribution in [2.24, 2.45) is 0 Å². The minimum atomic E-state index is 1.06. The van der Waals surface area contributed by atoms with E-state index < -0.39 is 0 Å². The van der Waals surface area contributed by atoms with E-state index in [4.69, 9.17) is 4.98 Å². The highest BCUT2D eigenvalue weighted by Crippen LogP contribution is 2.34. The maximum Gasteiger partial charge on any atom is 0.124 e. The molecule has 0 aliphatic heterocycles. The monoisotopic (exact) mass is 262 g/mol. The second-order valence-corrected chi connectivity index (χ2v) is 5.39. The Morgan fingerprint density at radius 3 is 2.68 bits per heavy atom. The maximum absolute atomic E-state index is 4.73. The van der Waals surface area contributed by atoms with Gasteiger partial charge in [-0.15, -0.1) is 11.3 Å². The molecule has 2 nitrogen and oxygen atoms in total. The zero-order valence-corrected chi connectivity index (χ0v) is 10.9. The summed E-state index contributed by atoms with van der Waals surface area (Å²) < 4.78 is 1.23. The highest BCUT2D eigenvalue weighted by atomic mass is 32.1. The van der Waals surface area contributed by atoms with Crippen LogP contribution in [0.25, 0.3) is 31.6 Å². The highest BCUT2D eigenvalue weighted by molar-refractivity contribution is 7.22. The third-order valence-electron chi connectivity index (χ3n) is 3.19. The van der Waals surface area contributed by atoms with Crippen molar-refractivity contribution >= 4 is 32.3 Å². The topological polar surface area (TPSA) is 25.8 Å². The van der Waals surface area contributed by atoms with Crippen LogP contribution in [0.4, 0.5) is 0 Å². The summed E-state index contributed by atoms with van der Waals surface area (Å²) in [5, 5.41) is 3.46. The maximum atomic E-state index is 4.73. The molecule has 0 spiro atoms. The number of hydrogen-bond donors (Lipinski definition) is 0. The largest absolute Gasteiger partial charge is 0.264 e. The molecule has 0 bridgehead atoms. The molecule has 0 N–H and O–H groups in total. The van der Waals surface area contributed by atoms with Crippen LogP contribution in [-0.4, -0.2) is 9.97 Å². The standard InChI is InChI=1S/C16H10N2S/c1-2-4-11(5-3-1)16-18-14-7-6-12-10-17-9-8-13(12)15(14)19-16/h1-10H. The van der Waals surface area contributed by atoms with E-state index in [1.807, 2.05) is 30.6 Å². The van der Waals surface area contributed by atoms with Gasteiger partial charge in [0.2, 0.25) is 0 Å². The van der Waals surface area contributed by atoms with Crippen LogP contribution in [0.2, 0.25) is 0 Å². The first-order valence-electron chi connectivity index (χ1n) is 6.10. The average molecular weight is 262 g/mol. The lowest BCUT2D eigenvalue weighted by Gasteiger charge is -1.95. The van der Waals surface area contributed by atoms with Gasteiger partial charge in [0.15, 0.2) is 0 Å². The van der Waals surface area contributed by atoms with E-state index >= 15 is 0 Å². The van der Waals surface area contributed by atoms with Gasteiger partial charge in [0.1, 0.15) is 5.01 Å². The van der Waals surface area contributed by atoms with Gasteiger partial charge in [-0.25, -0.2) is 4.98 Å². The molecule has 0 aliphatic carbocycles. The molecule has 3 heteroatoms. The van der Waals surface area contributed by atoms with Crippen molar-refractivity contribution in [2.75, 3.05) is 0 Å². The molecule has 19 heavy (non-hydrogen) atoms. The predicted octanol–water partition coefficient (Wildman–Crippen LogP) is 4.51. The summed E-state index contributed by atoms with van der Waals surface area (Å²) in [6.45, 7) is 0. The number of hydrogen-bond acceptors (Lipinski definition) is 3. The van der Waals surface area contributed by atoms with Crippen molar-refractivity contribution in [1.82, 2.24) is 9.97 Å². The SMILES string of the molecule is c1ccc(-c2nc3ccc4cnccc4c3s2)cc1. The molecule has 0 aliphatic rings. The molecule has 90 valence electrons. The molecule has 0 saturated heterocycles. The van der Waals surface area contributed by atoms with Crippen LogP contribution in [-0.2, 0) is 0 Å². The fraction of sp³-hybridized carbons (Fsp3) is 0. The van der Waals surface area contributed by atoms with E-state index in [9.17, 15) is 0 Å². The van der Waals surface area contributed by atoms with E-state index in [1.165, 1.54) is 21.0 Å². The van der Waals surface area contributed by atoms with Crippen LogP contribution in [0.15, 0.2) is 60.9 Å². The average Bonchev–Trinajstić information content (AvgIpc) is 2.93. The van der Waals surface area contributed by atoms with Crippen molar-refractivity contribution in [3.63, 3.8) is 0 Å². The highest BCUT2D eigenvalue weighted by Gasteiger charge is 2.08. The zero-order chi connectivity index (χ0) is 12.7. The lowest BCUT2D eigenvalue weighted by Crippen LogP contribution is -1.76. The van der Waals surface area contributed by atoms with Gasteiger partial charge in [-0.2, -0.15) is 0 Å². The van der Waals surface area contributed by atoms with E-state index in [1.54, 1.807) is 11.3 Å². The van der Waals surface area contributed by atoms with Gasteiger partial charge in [-0.05, 0) is 12.1 Å². The van der Waals surface area contributed by atoms with E-state index in [0.717, 1.165) is 10.5 Å². The smallest absolute Gasteiger partial charge is 0.124 e. The van der Waals surface area contributed by atoms with Gasteiger partial charge >= 0.3 is 0 Å². The summed E-state index contributed by atoms with van der Waals surface area (Å²) in [4.78, 5) is 8.90. The lowest BCUT2D eigenvalue weighted by molar-refractivity contribution is 1.37. The number of benzene rings is 2. The summed E-state index contributed by atoms with van der Waals surface area (Å²) in [6.07, 6.45) is 3.74. The number of pyridine rings is 1. The van der Waals surface area contributed by atoms with Crippen LogP contribution in [0, 0.1) is 0 Å². The molecular formula is C16H10N2S. The third-order valence-corrected chi connectivity index (χ3v) is 4.34. The Morgan fingerprint density at radius 1 is 0.895 bits per heavy atom. The summed E-state index contributed by atoms with van der Waals surface area (Å²) in [5.74, 6) is 0. The van der Waals surface area contributed by atoms with Crippen LogP contribution in [0.5, 0.6) is 0 Å². The summed E-state index contributed by atoms with van der Waals surface area (Å²) in [7, 11) is 0.